The van der Waals surface area contributed by atoms with Crippen LogP contribution < -0.4 is 5.32 Å². The highest BCUT2D eigenvalue weighted by Gasteiger charge is 2.12. The van der Waals surface area contributed by atoms with E-state index in [1.54, 1.807) is 0 Å². The third-order valence-electron chi connectivity index (χ3n) is 5.70. The maximum Gasteiger partial charge on any atom is 0.204 e. The van der Waals surface area contributed by atoms with E-state index >= 15 is 0 Å². The van der Waals surface area contributed by atoms with E-state index in [4.69, 9.17) is 4.98 Å². The monoisotopic (exact) mass is 379 g/mol. The topological polar surface area (TPSA) is 29.9 Å². The van der Waals surface area contributed by atoms with Crippen molar-refractivity contribution in [2.45, 2.75) is 32.9 Å². The van der Waals surface area contributed by atoms with E-state index in [0.29, 0.717) is 0 Å². The lowest BCUT2D eigenvalue weighted by Gasteiger charge is -2.14. The Morgan fingerprint density at radius 3 is 2.21 bits per heavy atom. The van der Waals surface area contributed by atoms with Gasteiger partial charge in [0.2, 0.25) is 5.95 Å². The second-order valence-corrected chi connectivity index (χ2v) is 7.58. The molecule has 1 aromatic heterocycles. The molecule has 1 N–H and O–H groups in total. The number of para-hydroxylation sites is 2. The van der Waals surface area contributed by atoms with Crippen LogP contribution in [0.1, 0.15) is 25.3 Å². The van der Waals surface area contributed by atoms with E-state index in [0.717, 1.165) is 31.0 Å². The smallest absolute Gasteiger partial charge is 0.204 e. The molecule has 144 valence electrons. The lowest BCUT2D eigenvalue weighted by molar-refractivity contribution is 0.649. The largest absolute Gasteiger partial charge is 0.352 e. The number of hydrogen-bond donors (Lipinski definition) is 1. The Balaban J connectivity index is 1.58. The van der Waals surface area contributed by atoms with Crippen molar-refractivity contribution in [3.63, 3.8) is 0 Å². The van der Waals surface area contributed by atoms with Crippen LogP contribution in [0.4, 0.5) is 5.95 Å². The van der Waals surface area contributed by atoms with Crippen molar-refractivity contribution in [1.29, 1.82) is 0 Å². The van der Waals surface area contributed by atoms with Crippen LogP contribution in [-0.4, -0.2) is 9.55 Å². The number of rotatable bonds is 6. The van der Waals surface area contributed by atoms with Crippen LogP contribution in [0.5, 0.6) is 0 Å². The van der Waals surface area contributed by atoms with E-state index in [1.165, 1.54) is 39.0 Å². The first-order valence-electron chi connectivity index (χ1n) is 10.4. The standard InChI is InChI=1S/C26H25N3/c1-2-3-16-29-25-15-9-8-14-24(25)28-26(29)27-18-23-21-12-6-4-10-19(21)17-20-11-5-7-13-22(20)23/h4-15,17H,2-3,16,18H2,1H3,(H,27,28). The third-order valence-corrected chi connectivity index (χ3v) is 5.70. The van der Waals surface area contributed by atoms with E-state index in [1.807, 2.05) is 0 Å². The van der Waals surface area contributed by atoms with Crippen molar-refractivity contribution < 1.29 is 0 Å². The molecule has 0 spiro atoms. The van der Waals surface area contributed by atoms with Gasteiger partial charge in [0.05, 0.1) is 11.0 Å². The Morgan fingerprint density at radius 2 is 1.48 bits per heavy atom. The van der Waals surface area contributed by atoms with Gasteiger partial charge in [-0.15, -0.1) is 0 Å². The molecule has 0 atom stereocenters. The summed E-state index contributed by atoms with van der Waals surface area (Å²) in [6.07, 6.45) is 2.31. The summed E-state index contributed by atoms with van der Waals surface area (Å²) in [6.45, 7) is 3.96. The zero-order valence-corrected chi connectivity index (χ0v) is 16.7. The van der Waals surface area contributed by atoms with Crippen LogP contribution in [0, 0.1) is 0 Å². The van der Waals surface area contributed by atoms with Gasteiger partial charge in [-0.1, -0.05) is 74.0 Å². The Morgan fingerprint density at radius 1 is 0.828 bits per heavy atom. The van der Waals surface area contributed by atoms with Gasteiger partial charge in [0.25, 0.3) is 0 Å². The van der Waals surface area contributed by atoms with Crippen molar-refractivity contribution in [2.24, 2.45) is 0 Å². The van der Waals surface area contributed by atoms with Crippen LogP contribution in [0.25, 0.3) is 32.6 Å². The number of unbranched alkanes of at least 4 members (excludes halogenated alkanes) is 1. The maximum atomic E-state index is 4.89. The summed E-state index contributed by atoms with van der Waals surface area (Å²) in [5.41, 5.74) is 3.58. The van der Waals surface area contributed by atoms with Crippen molar-refractivity contribution in [2.75, 3.05) is 5.32 Å². The molecule has 1 heterocycles. The minimum absolute atomic E-state index is 0.747. The predicted molar refractivity (Wildman–Crippen MR) is 123 cm³/mol. The number of nitrogens with one attached hydrogen (secondary N) is 1. The molecule has 0 radical (unpaired) electrons. The van der Waals surface area contributed by atoms with Crippen LogP contribution >= 0.6 is 0 Å². The van der Waals surface area contributed by atoms with Crippen LogP contribution in [0.15, 0.2) is 78.9 Å². The van der Waals surface area contributed by atoms with Crippen molar-refractivity contribution in [3.05, 3.63) is 84.4 Å². The average Bonchev–Trinajstić information content (AvgIpc) is 3.12. The summed E-state index contributed by atoms with van der Waals surface area (Å²) < 4.78 is 2.33. The van der Waals surface area contributed by atoms with Crippen molar-refractivity contribution >= 4 is 38.5 Å². The summed E-state index contributed by atoms with van der Waals surface area (Å²) in [7, 11) is 0. The van der Waals surface area contributed by atoms with E-state index < -0.39 is 0 Å². The molecule has 0 unspecified atom stereocenters. The lowest BCUT2D eigenvalue weighted by Crippen LogP contribution is -2.08. The average molecular weight is 380 g/mol. The summed E-state index contributed by atoms with van der Waals surface area (Å²) in [5, 5.41) is 8.83. The molecule has 5 aromatic rings. The van der Waals surface area contributed by atoms with Gasteiger partial charge in [0.15, 0.2) is 0 Å². The molecule has 0 amide bonds. The Labute approximate surface area is 171 Å². The minimum Gasteiger partial charge on any atom is -0.352 e. The molecule has 0 aliphatic rings. The molecular weight excluding hydrogens is 354 g/mol. The molecule has 5 rings (SSSR count). The number of nitrogens with zero attached hydrogens (tertiary/aromatic N) is 2. The molecule has 0 fully saturated rings. The van der Waals surface area contributed by atoms with Crippen molar-refractivity contribution in [3.8, 4) is 0 Å². The molecule has 4 aromatic carbocycles. The van der Waals surface area contributed by atoms with Gasteiger partial charge in [-0.3, -0.25) is 0 Å². The number of aryl methyl sites for hydroxylation is 1. The van der Waals surface area contributed by atoms with E-state index in [-0.39, 0.29) is 0 Å². The first-order chi connectivity index (χ1) is 14.3. The predicted octanol–water partition coefficient (Wildman–Crippen LogP) is 6.75. The minimum atomic E-state index is 0.747. The van der Waals surface area contributed by atoms with E-state index in [2.05, 4.69) is 95.7 Å². The van der Waals surface area contributed by atoms with Gasteiger partial charge in [-0.25, -0.2) is 4.98 Å². The van der Waals surface area contributed by atoms with E-state index in [9.17, 15) is 0 Å². The molecule has 0 bridgehead atoms. The highest BCUT2D eigenvalue weighted by Crippen LogP contribution is 2.29. The maximum absolute atomic E-state index is 4.89. The number of aromatic nitrogens is 2. The summed E-state index contributed by atoms with van der Waals surface area (Å²) in [6, 6.07) is 28.0. The highest BCUT2D eigenvalue weighted by molar-refractivity contribution is 6.02. The molecule has 3 heteroatoms. The highest BCUT2D eigenvalue weighted by atomic mass is 15.2. The molecule has 3 nitrogen and oxygen atoms in total. The molecule has 0 aliphatic heterocycles. The fraction of sp³-hybridized carbons (Fsp3) is 0.192. The second kappa shape index (κ2) is 7.59. The Hall–Kier alpha value is -3.33. The first kappa shape index (κ1) is 17.7. The van der Waals surface area contributed by atoms with Crippen LogP contribution in [0.3, 0.4) is 0 Å². The van der Waals surface area contributed by atoms with Gasteiger partial charge in [0, 0.05) is 13.1 Å². The molecule has 0 aliphatic carbocycles. The third kappa shape index (κ3) is 3.23. The fourth-order valence-electron chi connectivity index (χ4n) is 4.22. The zero-order valence-electron chi connectivity index (χ0n) is 16.7. The molecule has 0 saturated heterocycles. The SMILES string of the molecule is CCCCn1c(NCc2c3ccccc3cc3ccccc23)nc2ccccc21. The summed E-state index contributed by atoms with van der Waals surface area (Å²) >= 11 is 0. The number of anilines is 1. The van der Waals surface area contributed by atoms with Gasteiger partial charge < -0.3 is 9.88 Å². The van der Waals surface area contributed by atoms with Crippen molar-refractivity contribution in [1.82, 2.24) is 9.55 Å². The van der Waals surface area contributed by atoms with Crippen LogP contribution in [0.2, 0.25) is 0 Å². The van der Waals surface area contributed by atoms with Gasteiger partial charge >= 0.3 is 0 Å². The fourth-order valence-corrected chi connectivity index (χ4v) is 4.22. The van der Waals surface area contributed by atoms with Gasteiger partial charge in [-0.05, 0) is 51.7 Å². The summed E-state index contributed by atoms with van der Waals surface area (Å²) in [4.78, 5) is 4.89. The first-order valence-corrected chi connectivity index (χ1v) is 10.4. The lowest BCUT2D eigenvalue weighted by atomic mass is 9.97. The van der Waals surface area contributed by atoms with Crippen LogP contribution in [-0.2, 0) is 13.1 Å². The Kier molecular flexibility index (Phi) is 4.65. The van der Waals surface area contributed by atoms with Gasteiger partial charge in [0.1, 0.15) is 0 Å². The molecule has 0 saturated carbocycles. The zero-order chi connectivity index (χ0) is 19.6. The quantitative estimate of drug-likeness (QED) is 0.331. The summed E-state index contributed by atoms with van der Waals surface area (Å²) in [5.74, 6) is 0.955. The second-order valence-electron chi connectivity index (χ2n) is 7.58. The molecular formula is C26H25N3. The number of hydrogen-bond acceptors (Lipinski definition) is 2. The Bertz CT molecular complexity index is 1250. The van der Waals surface area contributed by atoms with Gasteiger partial charge in [-0.2, -0.15) is 0 Å². The molecule has 29 heavy (non-hydrogen) atoms. The number of benzene rings is 4. The normalized spacial score (nSPS) is 11.5. The number of fused-ring (bicyclic) bond motifs is 3. The number of imidazole rings is 1.